The Kier molecular flexibility index (Phi) is 12.7. The van der Waals surface area contributed by atoms with Crippen molar-refractivity contribution >= 4 is 17.7 Å². The quantitative estimate of drug-likeness (QED) is 0.532. The standard InChI is InChI=1S/C13H27NOS/c1-2-16-12-10-8-6-4-3-5-7-9-11-13(14)15/h2-12H2,1H3,(H2,14,15). The molecule has 0 rings (SSSR count). The summed E-state index contributed by atoms with van der Waals surface area (Å²) in [7, 11) is 0. The van der Waals surface area contributed by atoms with E-state index in [0.29, 0.717) is 6.42 Å². The Balaban J connectivity index is 2.90. The van der Waals surface area contributed by atoms with Gasteiger partial charge in [0, 0.05) is 6.42 Å². The third-order valence-corrected chi connectivity index (χ3v) is 3.65. The number of hydrogen-bond acceptors (Lipinski definition) is 2. The summed E-state index contributed by atoms with van der Waals surface area (Å²) in [5.41, 5.74) is 5.07. The summed E-state index contributed by atoms with van der Waals surface area (Å²) in [5.74, 6) is 2.42. The molecule has 0 fully saturated rings. The molecule has 3 heteroatoms. The van der Waals surface area contributed by atoms with E-state index in [2.05, 4.69) is 6.92 Å². The number of thioether (sulfide) groups is 1. The summed E-state index contributed by atoms with van der Waals surface area (Å²) in [5, 5.41) is 0. The topological polar surface area (TPSA) is 43.1 Å². The predicted octanol–water partition coefficient (Wildman–Crippen LogP) is 3.74. The molecular formula is C13H27NOS. The third kappa shape index (κ3) is 13.8. The second-order valence-electron chi connectivity index (χ2n) is 4.24. The van der Waals surface area contributed by atoms with Gasteiger partial charge in [-0.2, -0.15) is 11.8 Å². The molecule has 0 aromatic rings. The Morgan fingerprint density at radius 2 is 1.44 bits per heavy atom. The Hall–Kier alpha value is -0.180. The largest absolute Gasteiger partial charge is 0.370 e. The summed E-state index contributed by atoms with van der Waals surface area (Å²) in [6.07, 6.45) is 10.8. The highest BCUT2D eigenvalue weighted by Crippen LogP contribution is 2.11. The zero-order valence-corrected chi connectivity index (χ0v) is 11.5. The maximum atomic E-state index is 10.5. The Morgan fingerprint density at radius 1 is 0.938 bits per heavy atom. The van der Waals surface area contributed by atoms with Gasteiger partial charge in [0.1, 0.15) is 0 Å². The second kappa shape index (κ2) is 12.9. The first-order valence-corrected chi connectivity index (χ1v) is 7.79. The molecule has 96 valence electrons. The first-order chi connectivity index (χ1) is 7.77. The van der Waals surface area contributed by atoms with E-state index in [9.17, 15) is 4.79 Å². The minimum absolute atomic E-state index is 0.159. The molecule has 0 radical (unpaired) electrons. The van der Waals surface area contributed by atoms with Crippen LogP contribution in [-0.4, -0.2) is 17.4 Å². The van der Waals surface area contributed by atoms with Crippen molar-refractivity contribution in [1.82, 2.24) is 0 Å². The molecule has 2 N–H and O–H groups in total. The summed E-state index contributed by atoms with van der Waals surface area (Å²) >= 11 is 2.04. The van der Waals surface area contributed by atoms with E-state index in [1.807, 2.05) is 11.8 Å². The summed E-state index contributed by atoms with van der Waals surface area (Å²) in [4.78, 5) is 10.5. The number of primary amides is 1. The Morgan fingerprint density at radius 3 is 1.94 bits per heavy atom. The summed E-state index contributed by atoms with van der Waals surface area (Å²) in [6.45, 7) is 2.22. The Bertz CT molecular complexity index is 162. The molecule has 0 saturated heterocycles. The van der Waals surface area contributed by atoms with Crippen LogP contribution < -0.4 is 5.73 Å². The van der Waals surface area contributed by atoms with Crippen molar-refractivity contribution in [3.8, 4) is 0 Å². The van der Waals surface area contributed by atoms with Crippen LogP contribution in [0.3, 0.4) is 0 Å². The lowest BCUT2D eigenvalue weighted by Crippen LogP contribution is -2.09. The van der Waals surface area contributed by atoms with Gasteiger partial charge in [-0.05, 0) is 24.3 Å². The fourth-order valence-corrected chi connectivity index (χ4v) is 2.41. The monoisotopic (exact) mass is 245 g/mol. The van der Waals surface area contributed by atoms with Crippen molar-refractivity contribution in [3.05, 3.63) is 0 Å². The average molecular weight is 245 g/mol. The highest BCUT2D eigenvalue weighted by molar-refractivity contribution is 7.99. The first-order valence-electron chi connectivity index (χ1n) is 6.63. The number of nitrogens with two attached hydrogens (primary N) is 1. The van der Waals surface area contributed by atoms with Crippen LogP contribution in [-0.2, 0) is 4.79 Å². The van der Waals surface area contributed by atoms with Gasteiger partial charge in [0.2, 0.25) is 5.91 Å². The fraction of sp³-hybridized carbons (Fsp3) is 0.923. The Labute approximate surface area is 105 Å². The molecule has 16 heavy (non-hydrogen) atoms. The maximum Gasteiger partial charge on any atom is 0.217 e. The van der Waals surface area contributed by atoms with Gasteiger partial charge in [0.25, 0.3) is 0 Å². The first kappa shape index (κ1) is 15.8. The fourth-order valence-electron chi connectivity index (χ4n) is 1.71. The molecule has 0 aromatic carbocycles. The number of carbonyl (C=O) groups is 1. The lowest BCUT2D eigenvalue weighted by atomic mass is 10.1. The van der Waals surface area contributed by atoms with E-state index in [-0.39, 0.29) is 5.91 Å². The van der Waals surface area contributed by atoms with E-state index in [0.717, 1.165) is 12.8 Å². The zero-order valence-electron chi connectivity index (χ0n) is 10.7. The normalized spacial score (nSPS) is 10.6. The van der Waals surface area contributed by atoms with Crippen LogP contribution in [0.4, 0.5) is 0 Å². The minimum Gasteiger partial charge on any atom is -0.370 e. The molecule has 0 unspecified atom stereocenters. The summed E-state index contributed by atoms with van der Waals surface area (Å²) in [6, 6.07) is 0. The van der Waals surface area contributed by atoms with Gasteiger partial charge in [0.15, 0.2) is 0 Å². The van der Waals surface area contributed by atoms with Gasteiger partial charge in [-0.25, -0.2) is 0 Å². The number of carbonyl (C=O) groups excluding carboxylic acids is 1. The highest BCUT2D eigenvalue weighted by Gasteiger charge is 1.95. The van der Waals surface area contributed by atoms with E-state index in [1.54, 1.807) is 0 Å². The number of rotatable bonds is 12. The lowest BCUT2D eigenvalue weighted by Gasteiger charge is -2.01. The van der Waals surface area contributed by atoms with Crippen molar-refractivity contribution in [2.24, 2.45) is 5.73 Å². The van der Waals surface area contributed by atoms with Crippen LogP contribution in [0.5, 0.6) is 0 Å². The molecule has 2 nitrogen and oxygen atoms in total. The molecule has 0 spiro atoms. The van der Waals surface area contributed by atoms with Crippen molar-refractivity contribution in [1.29, 1.82) is 0 Å². The van der Waals surface area contributed by atoms with Crippen molar-refractivity contribution < 1.29 is 4.79 Å². The van der Waals surface area contributed by atoms with E-state index >= 15 is 0 Å². The van der Waals surface area contributed by atoms with E-state index in [4.69, 9.17) is 5.73 Å². The van der Waals surface area contributed by atoms with Crippen molar-refractivity contribution in [3.63, 3.8) is 0 Å². The number of hydrogen-bond donors (Lipinski definition) is 1. The molecule has 0 saturated carbocycles. The molecule has 0 aliphatic carbocycles. The van der Waals surface area contributed by atoms with Crippen LogP contribution in [0.25, 0.3) is 0 Å². The van der Waals surface area contributed by atoms with Gasteiger partial charge < -0.3 is 5.73 Å². The maximum absolute atomic E-state index is 10.5. The second-order valence-corrected chi connectivity index (χ2v) is 5.64. The van der Waals surface area contributed by atoms with Crippen LogP contribution >= 0.6 is 11.8 Å². The van der Waals surface area contributed by atoms with Crippen molar-refractivity contribution in [2.75, 3.05) is 11.5 Å². The molecule has 0 heterocycles. The molecular weight excluding hydrogens is 218 g/mol. The molecule has 0 aliphatic rings. The van der Waals surface area contributed by atoms with E-state index < -0.39 is 0 Å². The molecule has 1 amide bonds. The van der Waals surface area contributed by atoms with Crippen LogP contribution in [0.1, 0.15) is 64.7 Å². The molecule has 0 aromatic heterocycles. The van der Waals surface area contributed by atoms with Gasteiger partial charge >= 0.3 is 0 Å². The minimum atomic E-state index is -0.159. The van der Waals surface area contributed by atoms with Gasteiger partial charge in [-0.3, -0.25) is 4.79 Å². The molecule has 0 bridgehead atoms. The third-order valence-electron chi connectivity index (χ3n) is 2.67. The molecule has 0 atom stereocenters. The van der Waals surface area contributed by atoms with Crippen molar-refractivity contribution in [2.45, 2.75) is 64.7 Å². The number of unbranched alkanes of at least 4 members (excludes halogenated alkanes) is 7. The van der Waals surface area contributed by atoms with Gasteiger partial charge in [-0.1, -0.05) is 45.4 Å². The van der Waals surface area contributed by atoms with Gasteiger partial charge in [0.05, 0.1) is 0 Å². The van der Waals surface area contributed by atoms with Crippen LogP contribution in [0, 0.1) is 0 Å². The average Bonchev–Trinajstić information content (AvgIpc) is 2.25. The van der Waals surface area contributed by atoms with Gasteiger partial charge in [-0.15, -0.1) is 0 Å². The van der Waals surface area contributed by atoms with Crippen LogP contribution in [0.15, 0.2) is 0 Å². The number of amides is 1. The zero-order chi connectivity index (χ0) is 12.1. The SMILES string of the molecule is CCSCCCCCCCCCCC(N)=O. The molecule has 0 aliphatic heterocycles. The van der Waals surface area contributed by atoms with E-state index in [1.165, 1.54) is 50.0 Å². The predicted molar refractivity (Wildman–Crippen MR) is 73.7 cm³/mol. The lowest BCUT2D eigenvalue weighted by molar-refractivity contribution is -0.118. The summed E-state index contributed by atoms with van der Waals surface area (Å²) < 4.78 is 0. The smallest absolute Gasteiger partial charge is 0.217 e. The van der Waals surface area contributed by atoms with Crippen LogP contribution in [0.2, 0.25) is 0 Å². The highest BCUT2D eigenvalue weighted by atomic mass is 32.2.